The molecule has 6 aromatic rings. The standard InChI is InChI=1S/C28H20FN2O/c1-17-15-22(29)26-21-12-13-23(20-11-10-18-7-3-4-8-19(18)16-20)30-28(21)32-27(26)25(17)24-9-5-6-14-31(24)2/h3-16H,1-2H3/q+1. The lowest BCUT2D eigenvalue weighted by molar-refractivity contribution is -0.660. The van der Waals surface area contributed by atoms with Gasteiger partial charge in [-0.3, -0.25) is 0 Å². The Kier molecular flexibility index (Phi) is 4.08. The van der Waals surface area contributed by atoms with Crippen molar-refractivity contribution in [1.82, 2.24) is 4.98 Å². The molecule has 0 saturated carbocycles. The van der Waals surface area contributed by atoms with Crippen LogP contribution in [0.5, 0.6) is 0 Å². The van der Waals surface area contributed by atoms with E-state index < -0.39 is 0 Å². The van der Waals surface area contributed by atoms with Crippen LogP contribution >= 0.6 is 0 Å². The van der Waals surface area contributed by atoms with Crippen molar-refractivity contribution in [2.75, 3.05) is 0 Å². The van der Waals surface area contributed by atoms with E-state index in [2.05, 4.69) is 30.3 Å². The quantitative estimate of drug-likeness (QED) is 0.291. The zero-order chi connectivity index (χ0) is 21.8. The van der Waals surface area contributed by atoms with E-state index in [9.17, 15) is 0 Å². The predicted molar refractivity (Wildman–Crippen MR) is 126 cm³/mol. The molecule has 0 aliphatic rings. The lowest BCUT2D eigenvalue weighted by Gasteiger charge is -2.06. The lowest BCUT2D eigenvalue weighted by atomic mass is 10.00. The van der Waals surface area contributed by atoms with Crippen molar-refractivity contribution in [2.45, 2.75) is 6.92 Å². The van der Waals surface area contributed by atoms with Crippen LogP contribution < -0.4 is 4.57 Å². The number of fused-ring (bicyclic) bond motifs is 4. The maximum absolute atomic E-state index is 15.1. The van der Waals surface area contributed by atoms with Gasteiger partial charge in [0.25, 0.3) is 0 Å². The highest BCUT2D eigenvalue weighted by Crippen LogP contribution is 2.38. The summed E-state index contributed by atoms with van der Waals surface area (Å²) in [4.78, 5) is 4.78. The molecule has 0 N–H and O–H groups in total. The SMILES string of the molecule is Cc1cc(F)c2c(oc3nc(-c4ccc5ccccc5c4)ccc32)c1-c1cccc[n+]1C. The van der Waals surface area contributed by atoms with Gasteiger partial charge in [-0.25, -0.2) is 13.9 Å². The lowest BCUT2D eigenvalue weighted by Crippen LogP contribution is -2.30. The fraction of sp³-hybridized carbons (Fsp3) is 0.0714. The molecule has 0 aliphatic carbocycles. The van der Waals surface area contributed by atoms with Crippen LogP contribution in [0.15, 0.2) is 89.5 Å². The van der Waals surface area contributed by atoms with Crippen LogP contribution in [0.4, 0.5) is 4.39 Å². The highest BCUT2D eigenvalue weighted by Gasteiger charge is 2.23. The van der Waals surface area contributed by atoms with Crippen LogP contribution in [-0.2, 0) is 7.05 Å². The summed E-state index contributed by atoms with van der Waals surface area (Å²) < 4.78 is 23.4. The monoisotopic (exact) mass is 419 g/mol. The van der Waals surface area contributed by atoms with Gasteiger partial charge in [0.2, 0.25) is 11.4 Å². The van der Waals surface area contributed by atoms with Crippen molar-refractivity contribution in [3.05, 3.63) is 96.4 Å². The molecule has 0 atom stereocenters. The second-order valence-electron chi connectivity index (χ2n) is 8.16. The summed E-state index contributed by atoms with van der Waals surface area (Å²) >= 11 is 0. The van der Waals surface area contributed by atoms with Crippen molar-refractivity contribution < 1.29 is 13.4 Å². The molecular weight excluding hydrogens is 399 g/mol. The van der Waals surface area contributed by atoms with E-state index in [0.29, 0.717) is 22.1 Å². The van der Waals surface area contributed by atoms with E-state index in [4.69, 9.17) is 9.40 Å². The molecule has 3 aromatic carbocycles. The molecule has 6 rings (SSSR count). The fourth-order valence-corrected chi connectivity index (χ4v) is 4.52. The minimum atomic E-state index is -0.293. The van der Waals surface area contributed by atoms with Crippen LogP contribution in [0.1, 0.15) is 5.56 Å². The minimum Gasteiger partial charge on any atom is -0.437 e. The first kappa shape index (κ1) is 18.7. The average molecular weight is 419 g/mol. The molecule has 0 fully saturated rings. The molecule has 3 heterocycles. The van der Waals surface area contributed by atoms with Gasteiger partial charge in [-0.15, -0.1) is 0 Å². The molecule has 3 aromatic heterocycles. The van der Waals surface area contributed by atoms with Crippen LogP contribution in [-0.4, -0.2) is 4.98 Å². The van der Waals surface area contributed by atoms with Crippen molar-refractivity contribution in [2.24, 2.45) is 7.05 Å². The number of aromatic nitrogens is 2. The van der Waals surface area contributed by atoms with Crippen LogP contribution in [0.3, 0.4) is 0 Å². The van der Waals surface area contributed by atoms with Gasteiger partial charge in [0.1, 0.15) is 12.9 Å². The van der Waals surface area contributed by atoms with Crippen molar-refractivity contribution in [3.8, 4) is 22.5 Å². The molecule has 0 spiro atoms. The summed E-state index contributed by atoms with van der Waals surface area (Å²) in [7, 11) is 1.97. The normalized spacial score (nSPS) is 11.6. The molecule has 154 valence electrons. The van der Waals surface area contributed by atoms with Gasteiger partial charge in [-0.05, 0) is 53.6 Å². The van der Waals surface area contributed by atoms with Gasteiger partial charge in [0.15, 0.2) is 11.8 Å². The number of nitrogens with zero attached hydrogens (tertiary/aromatic N) is 2. The molecule has 32 heavy (non-hydrogen) atoms. The summed E-state index contributed by atoms with van der Waals surface area (Å²) in [5.41, 5.74) is 5.44. The molecule has 0 bridgehead atoms. The molecular formula is C28H20FN2O+. The largest absolute Gasteiger partial charge is 0.437 e. The fourth-order valence-electron chi connectivity index (χ4n) is 4.52. The van der Waals surface area contributed by atoms with Crippen molar-refractivity contribution in [3.63, 3.8) is 0 Å². The molecule has 0 unspecified atom stereocenters. The Morgan fingerprint density at radius 3 is 2.53 bits per heavy atom. The highest BCUT2D eigenvalue weighted by atomic mass is 19.1. The third kappa shape index (κ3) is 2.80. The zero-order valence-corrected chi connectivity index (χ0v) is 17.8. The third-order valence-corrected chi connectivity index (χ3v) is 6.12. The second kappa shape index (κ2) is 6.99. The number of aryl methyl sites for hydroxylation is 2. The first-order chi connectivity index (χ1) is 15.6. The van der Waals surface area contributed by atoms with E-state index in [1.165, 1.54) is 5.39 Å². The Labute approximate surface area is 184 Å². The van der Waals surface area contributed by atoms with Gasteiger partial charge in [-0.2, -0.15) is 0 Å². The van der Waals surface area contributed by atoms with E-state index >= 15 is 4.39 Å². The van der Waals surface area contributed by atoms with E-state index in [0.717, 1.165) is 33.5 Å². The molecule has 0 amide bonds. The minimum absolute atomic E-state index is 0.293. The molecule has 0 radical (unpaired) electrons. The summed E-state index contributed by atoms with van der Waals surface area (Å²) in [6, 6.07) is 25.9. The molecule has 4 heteroatoms. The molecule has 3 nitrogen and oxygen atoms in total. The number of halogens is 1. The third-order valence-electron chi connectivity index (χ3n) is 6.12. The smallest absolute Gasteiger partial charge is 0.228 e. The maximum Gasteiger partial charge on any atom is 0.228 e. The molecule has 0 saturated heterocycles. The summed E-state index contributed by atoms with van der Waals surface area (Å²) in [5, 5.41) is 3.49. The Morgan fingerprint density at radius 1 is 0.875 bits per heavy atom. The summed E-state index contributed by atoms with van der Waals surface area (Å²) in [6.45, 7) is 1.91. The number of hydrogen-bond donors (Lipinski definition) is 0. The van der Waals surface area contributed by atoms with Crippen LogP contribution in [0.2, 0.25) is 0 Å². The van der Waals surface area contributed by atoms with Crippen LogP contribution in [0, 0.1) is 12.7 Å². The maximum atomic E-state index is 15.1. The Morgan fingerprint density at radius 2 is 1.69 bits per heavy atom. The Bertz CT molecular complexity index is 1670. The number of benzene rings is 3. The number of hydrogen-bond acceptors (Lipinski definition) is 2. The zero-order valence-electron chi connectivity index (χ0n) is 17.8. The van der Waals surface area contributed by atoms with E-state index in [1.54, 1.807) is 6.07 Å². The summed E-state index contributed by atoms with van der Waals surface area (Å²) in [5.74, 6) is -0.293. The topological polar surface area (TPSA) is 29.9 Å². The predicted octanol–water partition coefficient (Wildman–Crippen LogP) is 6.74. The highest BCUT2D eigenvalue weighted by molar-refractivity contribution is 6.09. The summed E-state index contributed by atoms with van der Waals surface area (Å²) in [6.07, 6.45) is 1.97. The van der Waals surface area contributed by atoms with Crippen LogP contribution in [0.25, 0.3) is 55.4 Å². The van der Waals surface area contributed by atoms with E-state index in [-0.39, 0.29) is 5.82 Å². The average Bonchev–Trinajstić information content (AvgIpc) is 3.18. The first-order valence-corrected chi connectivity index (χ1v) is 10.6. The second-order valence-corrected chi connectivity index (χ2v) is 8.16. The van der Waals surface area contributed by atoms with E-state index in [1.807, 2.05) is 67.2 Å². The van der Waals surface area contributed by atoms with Gasteiger partial charge in [0.05, 0.1) is 22.0 Å². The first-order valence-electron chi connectivity index (χ1n) is 10.6. The molecule has 0 aliphatic heterocycles. The Hall–Kier alpha value is -4.05. The number of rotatable bonds is 2. The van der Waals surface area contributed by atoms with Crippen molar-refractivity contribution in [1.29, 1.82) is 0 Å². The van der Waals surface area contributed by atoms with Gasteiger partial charge < -0.3 is 4.42 Å². The van der Waals surface area contributed by atoms with Gasteiger partial charge in [-0.1, -0.05) is 36.4 Å². The Balaban J connectivity index is 1.61. The number of furan rings is 1. The number of pyridine rings is 2. The van der Waals surface area contributed by atoms with Gasteiger partial charge in [0, 0.05) is 17.7 Å². The van der Waals surface area contributed by atoms with Gasteiger partial charge >= 0.3 is 0 Å². The van der Waals surface area contributed by atoms with Crippen molar-refractivity contribution >= 4 is 32.8 Å².